The van der Waals surface area contributed by atoms with Gasteiger partial charge in [0, 0.05) is 38.0 Å². The number of amides is 1. The fourth-order valence-electron chi connectivity index (χ4n) is 4.52. The first-order valence-electron chi connectivity index (χ1n) is 12.2. The maximum atomic E-state index is 14.5. The summed E-state index contributed by atoms with van der Waals surface area (Å²) in [7, 11) is 0. The second-order valence-corrected chi connectivity index (χ2v) is 10.6. The van der Waals surface area contributed by atoms with Crippen LogP contribution < -0.4 is 16.6 Å². The van der Waals surface area contributed by atoms with Gasteiger partial charge in [0.15, 0.2) is 5.76 Å². The summed E-state index contributed by atoms with van der Waals surface area (Å²) in [5.41, 5.74) is 3.72. The minimum atomic E-state index is -3.13. The number of hydrazine groups is 1. The third-order valence-corrected chi connectivity index (χ3v) is 7.07. The topological polar surface area (TPSA) is 110 Å². The van der Waals surface area contributed by atoms with E-state index in [-0.39, 0.29) is 23.9 Å². The van der Waals surface area contributed by atoms with Gasteiger partial charge >= 0.3 is 0 Å². The van der Waals surface area contributed by atoms with Gasteiger partial charge < -0.3 is 15.2 Å². The molecule has 2 aromatic heterocycles. The summed E-state index contributed by atoms with van der Waals surface area (Å²) in [5.74, 6) is 4.40. The summed E-state index contributed by atoms with van der Waals surface area (Å²) in [5, 5.41) is 3.63. The first-order valence-corrected chi connectivity index (χ1v) is 12.2. The average molecular weight is 504 g/mol. The minimum absolute atomic E-state index is 0.207. The molecule has 1 amide bonds. The number of carbonyl (C=O) groups is 1. The lowest BCUT2D eigenvalue weighted by Crippen LogP contribution is -2.60. The second kappa shape index (κ2) is 10.1. The van der Waals surface area contributed by atoms with Crippen molar-refractivity contribution in [2.24, 2.45) is 11.3 Å². The van der Waals surface area contributed by atoms with E-state index in [2.05, 4.69) is 34.6 Å². The molecule has 0 atom stereocenters. The predicted molar refractivity (Wildman–Crippen MR) is 130 cm³/mol. The van der Waals surface area contributed by atoms with E-state index in [0.29, 0.717) is 11.6 Å². The molecule has 2 fully saturated rings. The maximum Gasteiger partial charge on any atom is 0.267 e. The highest BCUT2D eigenvalue weighted by molar-refractivity contribution is 5.75. The van der Waals surface area contributed by atoms with Gasteiger partial charge in [-0.3, -0.25) is 9.36 Å². The van der Waals surface area contributed by atoms with Crippen LogP contribution in [0.3, 0.4) is 0 Å². The normalized spacial score (nSPS) is 19.6. The molecular weight excluding hydrogens is 468 g/mol. The Morgan fingerprint density at radius 1 is 1.31 bits per heavy atom. The number of hydrogen-bond acceptors (Lipinski definition) is 7. The molecule has 1 aliphatic heterocycles. The Kier molecular flexibility index (Phi) is 7.33. The molecule has 196 valence electrons. The number of aromatic nitrogens is 3. The Morgan fingerprint density at radius 3 is 2.64 bits per heavy atom. The van der Waals surface area contributed by atoms with Crippen molar-refractivity contribution in [2.45, 2.75) is 77.3 Å². The van der Waals surface area contributed by atoms with Crippen molar-refractivity contribution in [1.29, 1.82) is 0 Å². The summed E-state index contributed by atoms with van der Waals surface area (Å²) in [6.07, 6.45) is 9.44. The van der Waals surface area contributed by atoms with Crippen LogP contribution in [0, 0.1) is 12.3 Å². The zero-order chi connectivity index (χ0) is 26.0. The Hall–Kier alpha value is -3.05. The third kappa shape index (κ3) is 6.19. The molecule has 3 heterocycles. The van der Waals surface area contributed by atoms with Crippen molar-refractivity contribution in [1.82, 2.24) is 30.3 Å². The van der Waals surface area contributed by atoms with Gasteiger partial charge in [-0.15, -0.1) is 5.48 Å². The van der Waals surface area contributed by atoms with Crippen molar-refractivity contribution < 1.29 is 18.4 Å². The number of nitrogens with two attached hydrogens (primary N) is 1. The van der Waals surface area contributed by atoms with E-state index in [4.69, 9.17) is 10.7 Å². The quantitative estimate of drug-likeness (QED) is 0.355. The molecule has 11 heteroatoms. The number of hydrogen-bond donors (Lipinski definition) is 3. The number of nitrogens with zero attached hydrogens (tertiary/aromatic N) is 4. The fraction of sp³-hybridized carbons (Fsp3) is 0.560. The molecule has 36 heavy (non-hydrogen) atoms. The van der Waals surface area contributed by atoms with E-state index < -0.39 is 24.8 Å². The number of carbonyl (C=O) groups excluding carboxylic acids is 1. The van der Waals surface area contributed by atoms with Gasteiger partial charge in [-0.2, -0.15) is 0 Å². The molecule has 9 nitrogen and oxygen atoms in total. The van der Waals surface area contributed by atoms with Crippen molar-refractivity contribution in [3.63, 3.8) is 0 Å². The van der Waals surface area contributed by atoms with Crippen molar-refractivity contribution in [2.75, 3.05) is 6.54 Å². The first-order chi connectivity index (χ1) is 17.0. The van der Waals surface area contributed by atoms with Crippen molar-refractivity contribution in [3.8, 4) is 5.82 Å². The number of hydroxylamine groups is 1. The van der Waals surface area contributed by atoms with Crippen LogP contribution in [0.15, 0.2) is 42.7 Å². The first kappa shape index (κ1) is 26.0. The number of halogens is 2. The molecule has 1 spiro atoms. The van der Waals surface area contributed by atoms with Gasteiger partial charge in [0.25, 0.3) is 5.92 Å². The van der Waals surface area contributed by atoms with E-state index in [1.54, 1.807) is 12.4 Å². The minimum Gasteiger partial charge on any atom is -0.408 e. The van der Waals surface area contributed by atoms with Gasteiger partial charge in [0.1, 0.15) is 17.2 Å². The summed E-state index contributed by atoms with van der Waals surface area (Å²) >= 11 is 0. The molecule has 2 aromatic rings. The van der Waals surface area contributed by atoms with E-state index in [1.165, 1.54) is 6.20 Å². The van der Waals surface area contributed by atoms with Crippen LogP contribution in [-0.4, -0.2) is 43.5 Å². The van der Waals surface area contributed by atoms with Crippen LogP contribution in [0.2, 0.25) is 0 Å². The summed E-state index contributed by atoms with van der Waals surface area (Å²) in [4.78, 5) is 26.1. The highest BCUT2D eigenvalue weighted by Gasteiger charge is 2.49. The highest BCUT2D eigenvalue weighted by atomic mass is 19.3. The van der Waals surface area contributed by atoms with Crippen LogP contribution in [0.4, 0.5) is 8.78 Å². The van der Waals surface area contributed by atoms with Gasteiger partial charge in [-0.25, -0.2) is 24.6 Å². The standard InChI is InChI=1S/C25H35F2N7O2/c1-18-29-12-13-34(18)21-5-4-19(14-30-21)15-31-22(35)6-7-25(26,27)17-33(28)16-20-24(32-36-20)10-8-23(2,3)9-11-24/h4-5,12-14,16,32H,6-11,15,17,28H2,1-3H3,(H,31,35)/b20-16-. The molecule has 0 bridgehead atoms. The van der Waals surface area contributed by atoms with Crippen LogP contribution in [0.5, 0.6) is 0 Å². The largest absolute Gasteiger partial charge is 0.408 e. The molecule has 2 aliphatic rings. The van der Waals surface area contributed by atoms with Gasteiger partial charge in [-0.05, 0) is 49.7 Å². The van der Waals surface area contributed by atoms with Gasteiger partial charge in [0.05, 0.1) is 12.7 Å². The number of pyridine rings is 1. The second-order valence-electron chi connectivity index (χ2n) is 10.6. The number of imidazole rings is 1. The maximum absolute atomic E-state index is 14.5. The Labute approximate surface area is 210 Å². The van der Waals surface area contributed by atoms with E-state index in [0.717, 1.165) is 42.1 Å². The lowest BCUT2D eigenvalue weighted by atomic mass is 9.68. The fourth-order valence-corrected chi connectivity index (χ4v) is 4.52. The summed E-state index contributed by atoms with van der Waals surface area (Å²) in [6, 6.07) is 3.64. The monoisotopic (exact) mass is 503 g/mol. The molecule has 4 rings (SSSR count). The zero-order valence-electron chi connectivity index (χ0n) is 21.1. The van der Waals surface area contributed by atoms with Crippen molar-refractivity contribution in [3.05, 3.63) is 54.1 Å². The molecule has 0 aromatic carbocycles. The number of rotatable bonds is 9. The molecule has 0 radical (unpaired) electrons. The van der Waals surface area contributed by atoms with Crippen LogP contribution in [-0.2, 0) is 16.2 Å². The third-order valence-electron chi connectivity index (χ3n) is 7.07. The molecule has 1 aliphatic carbocycles. The predicted octanol–water partition coefficient (Wildman–Crippen LogP) is 3.50. The van der Waals surface area contributed by atoms with Crippen molar-refractivity contribution >= 4 is 5.91 Å². The summed E-state index contributed by atoms with van der Waals surface area (Å²) < 4.78 is 30.9. The Bertz CT molecular complexity index is 1090. The van der Waals surface area contributed by atoms with E-state index >= 15 is 0 Å². The average Bonchev–Trinajstić information content (AvgIpc) is 3.25. The Balaban J connectivity index is 1.21. The lowest BCUT2D eigenvalue weighted by molar-refractivity contribution is -0.124. The Morgan fingerprint density at radius 2 is 2.06 bits per heavy atom. The highest BCUT2D eigenvalue weighted by Crippen LogP contribution is 2.47. The molecule has 1 saturated heterocycles. The van der Waals surface area contributed by atoms with E-state index in [1.807, 2.05) is 29.8 Å². The zero-order valence-corrected chi connectivity index (χ0v) is 21.1. The van der Waals surface area contributed by atoms with Gasteiger partial charge in [0.2, 0.25) is 5.91 Å². The molecule has 0 unspecified atom stereocenters. The molecule has 1 saturated carbocycles. The number of aryl methyl sites for hydroxylation is 1. The number of nitrogens with one attached hydrogen (secondary N) is 2. The molecule has 4 N–H and O–H groups in total. The lowest BCUT2D eigenvalue weighted by Gasteiger charge is -2.50. The SMILES string of the molecule is Cc1nccn1-c1ccc(CNC(=O)CCC(F)(F)CN(N)/C=C2\ONC23CCC(C)(C)CC3)cn1. The summed E-state index contributed by atoms with van der Waals surface area (Å²) in [6.45, 7) is 5.83. The van der Waals surface area contributed by atoms with E-state index in [9.17, 15) is 13.6 Å². The van der Waals surface area contributed by atoms with Gasteiger partial charge in [-0.1, -0.05) is 19.9 Å². The van der Waals surface area contributed by atoms with Crippen LogP contribution >= 0.6 is 0 Å². The smallest absolute Gasteiger partial charge is 0.267 e. The number of alkyl halides is 2. The molecular formula is C25H35F2N7O2. The van der Waals surface area contributed by atoms with Crippen LogP contribution in [0.1, 0.15) is 63.8 Å². The van der Waals surface area contributed by atoms with Crippen LogP contribution in [0.25, 0.3) is 5.82 Å².